The molecule has 5 heteroatoms. The summed E-state index contributed by atoms with van der Waals surface area (Å²) in [5, 5.41) is 6.26. The van der Waals surface area contributed by atoms with E-state index in [0.29, 0.717) is 22.9 Å². The molecule has 0 atom stereocenters. The predicted octanol–water partition coefficient (Wildman–Crippen LogP) is 3.72. The van der Waals surface area contributed by atoms with Crippen molar-refractivity contribution >= 4 is 11.7 Å². The molecule has 0 bridgehead atoms. The number of anilines is 1. The summed E-state index contributed by atoms with van der Waals surface area (Å²) in [4.78, 5) is 12.1. The molecule has 0 saturated heterocycles. The van der Waals surface area contributed by atoms with Gasteiger partial charge in [0.1, 0.15) is 17.8 Å². The van der Waals surface area contributed by atoms with Crippen LogP contribution in [-0.2, 0) is 0 Å². The van der Waals surface area contributed by atoms with Crippen molar-refractivity contribution in [3.63, 3.8) is 0 Å². The van der Waals surface area contributed by atoms with Gasteiger partial charge in [0.05, 0.1) is 0 Å². The third-order valence-corrected chi connectivity index (χ3v) is 2.75. The van der Waals surface area contributed by atoms with Crippen molar-refractivity contribution in [3.05, 3.63) is 72.5 Å². The lowest BCUT2D eigenvalue weighted by Gasteiger charge is -2.07. The van der Waals surface area contributed by atoms with Crippen LogP contribution < -0.4 is 10.1 Å². The number of amides is 1. The number of benzene rings is 2. The Balaban J connectivity index is 1.75. The second-order valence-electron chi connectivity index (χ2n) is 4.28. The first kappa shape index (κ1) is 12.9. The summed E-state index contributed by atoms with van der Waals surface area (Å²) < 4.78 is 10.4. The number of nitrogens with one attached hydrogen (secondary N) is 1. The van der Waals surface area contributed by atoms with Gasteiger partial charge in [-0.25, -0.2) is 0 Å². The number of ether oxygens (including phenoxy) is 1. The Kier molecular flexibility index (Phi) is 3.64. The zero-order valence-corrected chi connectivity index (χ0v) is 11.0. The molecule has 1 amide bonds. The first-order valence-electron chi connectivity index (χ1n) is 6.36. The number of carbonyl (C=O) groups excluding carboxylic acids is 1. The van der Waals surface area contributed by atoms with E-state index in [0.717, 1.165) is 0 Å². The van der Waals surface area contributed by atoms with Crippen LogP contribution in [-0.4, -0.2) is 11.1 Å². The van der Waals surface area contributed by atoms with Crippen LogP contribution in [0.2, 0.25) is 0 Å². The molecule has 21 heavy (non-hydrogen) atoms. The SMILES string of the molecule is O=C(Nc1ccon1)c1cccc(Oc2ccccc2)c1. The Bertz CT molecular complexity index is 724. The van der Waals surface area contributed by atoms with Crippen LogP contribution in [0.1, 0.15) is 10.4 Å². The molecule has 1 aromatic heterocycles. The van der Waals surface area contributed by atoms with Crippen LogP contribution in [0.5, 0.6) is 11.5 Å². The quantitative estimate of drug-likeness (QED) is 0.791. The molecule has 2 aromatic carbocycles. The molecular weight excluding hydrogens is 268 g/mol. The van der Waals surface area contributed by atoms with E-state index in [2.05, 4.69) is 15.0 Å². The summed E-state index contributed by atoms with van der Waals surface area (Å²) >= 11 is 0. The number of nitrogens with zero attached hydrogens (tertiary/aromatic N) is 1. The average Bonchev–Trinajstić information content (AvgIpc) is 3.01. The van der Waals surface area contributed by atoms with Crippen LogP contribution in [0.25, 0.3) is 0 Å². The van der Waals surface area contributed by atoms with Crippen LogP contribution in [0.15, 0.2) is 71.4 Å². The molecule has 0 fully saturated rings. The molecule has 0 saturated carbocycles. The number of para-hydroxylation sites is 1. The Morgan fingerprint density at radius 3 is 2.57 bits per heavy atom. The average molecular weight is 280 g/mol. The number of rotatable bonds is 4. The van der Waals surface area contributed by atoms with Gasteiger partial charge in [0.2, 0.25) is 0 Å². The highest BCUT2D eigenvalue weighted by Gasteiger charge is 2.09. The van der Waals surface area contributed by atoms with E-state index in [-0.39, 0.29) is 5.91 Å². The largest absolute Gasteiger partial charge is 0.457 e. The van der Waals surface area contributed by atoms with Crippen molar-refractivity contribution in [1.82, 2.24) is 5.16 Å². The molecule has 5 nitrogen and oxygen atoms in total. The van der Waals surface area contributed by atoms with Gasteiger partial charge in [-0.05, 0) is 30.3 Å². The number of carbonyl (C=O) groups is 1. The zero-order chi connectivity index (χ0) is 14.5. The minimum Gasteiger partial charge on any atom is -0.457 e. The van der Waals surface area contributed by atoms with E-state index in [4.69, 9.17) is 4.74 Å². The van der Waals surface area contributed by atoms with E-state index < -0.39 is 0 Å². The van der Waals surface area contributed by atoms with Crippen molar-refractivity contribution in [2.75, 3.05) is 5.32 Å². The minimum absolute atomic E-state index is 0.276. The lowest BCUT2D eigenvalue weighted by molar-refractivity contribution is 0.102. The molecule has 0 unspecified atom stereocenters. The van der Waals surface area contributed by atoms with Gasteiger partial charge >= 0.3 is 0 Å². The molecule has 3 aromatic rings. The Morgan fingerprint density at radius 1 is 1.00 bits per heavy atom. The number of hydrogen-bond donors (Lipinski definition) is 1. The van der Waals surface area contributed by atoms with E-state index in [1.165, 1.54) is 6.26 Å². The summed E-state index contributed by atoms with van der Waals surface area (Å²) in [6, 6.07) is 17.9. The van der Waals surface area contributed by atoms with Crippen molar-refractivity contribution in [1.29, 1.82) is 0 Å². The van der Waals surface area contributed by atoms with Crippen LogP contribution in [0, 0.1) is 0 Å². The van der Waals surface area contributed by atoms with Gasteiger partial charge in [0, 0.05) is 11.6 Å². The lowest BCUT2D eigenvalue weighted by Crippen LogP contribution is -2.11. The molecule has 0 spiro atoms. The van der Waals surface area contributed by atoms with Gasteiger partial charge in [-0.2, -0.15) is 0 Å². The number of aromatic nitrogens is 1. The summed E-state index contributed by atoms with van der Waals surface area (Å²) in [7, 11) is 0. The fraction of sp³-hybridized carbons (Fsp3) is 0. The summed E-state index contributed by atoms with van der Waals surface area (Å²) in [5.41, 5.74) is 0.478. The standard InChI is InChI=1S/C16H12N2O3/c19-16(17-15-9-10-20-18-15)12-5-4-8-14(11-12)21-13-6-2-1-3-7-13/h1-11H,(H,17,18,19). The van der Waals surface area contributed by atoms with Crippen LogP contribution >= 0.6 is 0 Å². The maximum Gasteiger partial charge on any atom is 0.257 e. The predicted molar refractivity (Wildman–Crippen MR) is 77.4 cm³/mol. The van der Waals surface area contributed by atoms with Crippen molar-refractivity contribution in [2.24, 2.45) is 0 Å². The Morgan fingerprint density at radius 2 is 1.81 bits per heavy atom. The molecule has 1 N–H and O–H groups in total. The second kappa shape index (κ2) is 5.92. The van der Waals surface area contributed by atoms with Gasteiger partial charge in [0.25, 0.3) is 5.91 Å². The van der Waals surface area contributed by atoms with Crippen molar-refractivity contribution in [3.8, 4) is 11.5 Å². The fourth-order valence-corrected chi connectivity index (χ4v) is 1.79. The molecule has 0 aliphatic heterocycles. The smallest absolute Gasteiger partial charge is 0.257 e. The first-order chi connectivity index (χ1) is 10.3. The highest BCUT2D eigenvalue weighted by atomic mass is 16.5. The molecule has 0 aliphatic rings. The van der Waals surface area contributed by atoms with E-state index in [1.54, 1.807) is 30.3 Å². The van der Waals surface area contributed by atoms with Crippen LogP contribution in [0.4, 0.5) is 5.82 Å². The Hall–Kier alpha value is -3.08. The monoisotopic (exact) mass is 280 g/mol. The zero-order valence-electron chi connectivity index (χ0n) is 11.0. The first-order valence-corrected chi connectivity index (χ1v) is 6.36. The maximum atomic E-state index is 12.1. The summed E-state index contributed by atoms with van der Waals surface area (Å²) in [5.74, 6) is 1.40. The molecule has 3 rings (SSSR count). The second-order valence-corrected chi connectivity index (χ2v) is 4.28. The lowest BCUT2D eigenvalue weighted by atomic mass is 10.2. The van der Waals surface area contributed by atoms with Crippen molar-refractivity contribution in [2.45, 2.75) is 0 Å². The molecule has 0 aliphatic carbocycles. The molecule has 104 valence electrons. The summed E-state index contributed by atoms with van der Waals surface area (Å²) in [6.45, 7) is 0. The van der Waals surface area contributed by atoms with Gasteiger partial charge in [-0.3, -0.25) is 4.79 Å². The van der Waals surface area contributed by atoms with Crippen LogP contribution in [0.3, 0.4) is 0 Å². The van der Waals surface area contributed by atoms with Crippen molar-refractivity contribution < 1.29 is 14.1 Å². The van der Waals surface area contributed by atoms with E-state index in [1.807, 2.05) is 30.3 Å². The third kappa shape index (κ3) is 3.27. The van der Waals surface area contributed by atoms with E-state index >= 15 is 0 Å². The highest BCUT2D eigenvalue weighted by Crippen LogP contribution is 2.22. The topological polar surface area (TPSA) is 64.4 Å². The van der Waals surface area contributed by atoms with Gasteiger partial charge in [-0.1, -0.05) is 29.4 Å². The van der Waals surface area contributed by atoms with Gasteiger partial charge < -0.3 is 14.6 Å². The van der Waals surface area contributed by atoms with E-state index in [9.17, 15) is 4.79 Å². The molecule has 0 radical (unpaired) electrons. The summed E-state index contributed by atoms with van der Waals surface area (Å²) in [6.07, 6.45) is 1.39. The fourth-order valence-electron chi connectivity index (χ4n) is 1.79. The normalized spacial score (nSPS) is 10.1. The Labute approximate surface area is 121 Å². The van der Waals surface area contributed by atoms with Gasteiger partial charge in [-0.15, -0.1) is 0 Å². The van der Waals surface area contributed by atoms with Gasteiger partial charge in [0.15, 0.2) is 5.82 Å². The highest BCUT2D eigenvalue weighted by molar-refractivity contribution is 6.03. The third-order valence-electron chi connectivity index (χ3n) is 2.75. The molecule has 1 heterocycles. The minimum atomic E-state index is -0.276. The number of hydrogen-bond acceptors (Lipinski definition) is 4. The molecular formula is C16H12N2O3. The maximum absolute atomic E-state index is 12.1.